The number of anilines is 2. The van der Waals surface area contributed by atoms with Crippen molar-refractivity contribution in [1.29, 1.82) is 0 Å². The number of hydrogen-bond acceptors (Lipinski definition) is 6. The molecule has 0 saturated heterocycles. The van der Waals surface area contributed by atoms with Crippen LogP contribution in [0, 0.1) is 5.82 Å². The van der Waals surface area contributed by atoms with Gasteiger partial charge in [-0.3, -0.25) is 0 Å². The molecule has 0 atom stereocenters. The van der Waals surface area contributed by atoms with Gasteiger partial charge in [0.2, 0.25) is 0 Å². The second-order valence-corrected chi connectivity index (χ2v) is 8.25. The van der Waals surface area contributed by atoms with Crippen molar-refractivity contribution in [3.05, 3.63) is 47.5 Å². The molecule has 184 valence electrons. The molecule has 6 nitrogen and oxygen atoms in total. The van der Waals surface area contributed by atoms with Gasteiger partial charge in [0.15, 0.2) is 17.3 Å². The third-order valence-corrected chi connectivity index (χ3v) is 5.43. The first-order valence-corrected chi connectivity index (χ1v) is 11.9. The maximum Gasteiger partial charge on any atom is 0.165 e. The number of aromatic nitrogens is 2. The Labute approximate surface area is 205 Å². The number of Topliss-reactive ketones (excluding diaryl/α,β-unsaturated/α-hetero) is 1. The van der Waals surface area contributed by atoms with Gasteiger partial charge in [0, 0.05) is 17.9 Å². The number of halogens is 2. The zero-order valence-corrected chi connectivity index (χ0v) is 21.2. The molecular weight excluding hydrogens is 457 g/mol. The van der Waals surface area contributed by atoms with Crippen LogP contribution >= 0.6 is 11.6 Å². The molecular formula is C26H33ClFN3O3. The fraction of sp³-hybridized carbons (Fsp3) is 0.423. The van der Waals surface area contributed by atoms with Gasteiger partial charge in [0.25, 0.3) is 0 Å². The normalized spacial score (nSPS) is 10.6. The molecule has 2 aromatic carbocycles. The van der Waals surface area contributed by atoms with Crippen molar-refractivity contribution >= 4 is 39.8 Å². The lowest BCUT2D eigenvalue weighted by atomic mass is 10.1. The lowest BCUT2D eigenvalue weighted by molar-refractivity contribution is -0.116. The summed E-state index contributed by atoms with van der Waals surface area (Å²) in [5, 5.41) is 3.74. The quantitative estimate of drug-likeness (QED) is 0.317. The van der Waals surface area contributed by atoms with Crippen LogP contribution in [-0.4, -0.2) is 29.0 Å². The average Bonchev–Trinajstić information content (AvgIpc) is 2.82. The lowest BCUT2D eigenvalue weighted by Crippen LogP contribution is -2.16. The minimum absolute atomic E-state index is 0.0412. The van der Waals surface area contributed by atoms with E-state index in [2.05, 4.69) is 29.1 Å². The van der Waals surface area contributed by atoms with Crippen LogP contribution in [0.3, 0.4) is 0 Å². The highest BCUT2D eigenvalue weighted by Crippen LogP contribution is 2.36. The van der Waals surface area contributed by atoms with E-state index in [1.54, 1.807) is 26.2 Å². The number of rotatable bonds is 10. The molecule has 0 amide bonds. The number of ether oxygens (including phenoxy) is 2. The second-order valence-electron chi connectivity index (χ2n) is 7.84. The lowest BCUT2D eigenvalue weighted by Gasteiger charge is -2.20. The predicted octanol–water partition coefficient (Wildman–Crippen LogP) is 7.51. The summed E-state index contributed by atoms with van der Waals surface area (Å²) in [6.45, 7) is 7.72. The van der Waals surface area contributed by atoms with E-state index in [1.165, 1.54) is 12.4 Å². The largest absolute Gasteiger partial charge is 0.493 e. The number of fused-ring (bicyclic) bond motifs is 1. The third-order valence-electron chi connectivity index (χ3n) is 5.14. The van der Waals surface area contributed by atoms with Crippen molar-refractivity contribution in [3.8, 4) is 11.5 Å². The molecule has 0 unspecified atom stereocenters. The summed E-state index contributed by atoms with van der Waals surface area (Å²) in [6.07, 6.45) is 6.25. The molecule has 0 saturated carbocycles. The Morgan fingerprint density at radius 3 is 2.38 bits per heavy atom. The van der Waals surface area contributed by atoms with Crippen LogP contribution in [0.5, 0.6) is 11.5 Å². The van der Waals surface area contributed by atoms with E-state index >= 15 is 0 Å². The first-order valence-electron chi connectivity index (χ1n) is 11.5. The number of carbonyl (C=O) groups is 1. The van der Waals surface area contributed by atoms with Crippen LogP contribution in [0.15, 0.2) is 36.7 Å². The SMILES string of the molecule is CCC(C)=O.CCCC(CCC)Oc1cc2ncnc(Nc3cccc(Cl)c3F)c2cc1OC. The van der Waals surface area contributed by atoms with E-state index < -0.39 is 5.82 Å². The highest BCUT2D eigenvalue weighted by Gasteiger charge is 2.16. The van der Waals surface area contributed by atoms with Crippen LogP contribution in [0.1, 0.15) is 59.8 Å². The van der Waals surface area contributed by atoms with Gasteiger partial charge in [-0.15, -0.1) is 0 Å². The number of hydrogen-bond donors (Lipinski definition) is 1. The van der Waals surface area contributed by atoms with Crippen molar-refractivity contribution in [1.82, 2.24) is 9.97 Å². The van der Waals surface area contributed by atoms with Crippen LogP contribution in [-0.2, 0) is 4.79 Å². The van der Waals surface area contributed by atoms with Gasteiger partial charge in [0.1, 0.15) is 17.9 Å². The van der Waals surface area contributed by atoms with Crippen LogP contribution in [0.4, 0.5) is 15.9 Å². The number of carbonyl (C=O) groups excluding carboxylic acids is 1. The third kappa shape index (κ3) is 7.55. The van der Waals surface area contributed by atoms with E-state index in [0.717, 1.165) is 25.7 Å². The zero-order valence-electron chi connectivity index (χ0n) is 20.5. The molecule has 34 heavy (non-hydrogen) atoms. The fourth-order valence-corrected chi connectivity index (χ4v) is 3.40. The van der Waals surface area contributed by atoms with Gasteiger partial charge in [-0.1, -0.05) is 51.3 Å². The van der Waals surface area contributed by atoms with Crippen LogP contribution in [0.2, 0.25) is 5.02 Å². The van der Waals surface area contributed by atoms with E-state index in [-0.39, 0.29) is 22.6 Å². The molecule has 0 spiro atoms. The van der Waals surface area contributed by atoms with Crippen molar-refractivity contribution in [2.24, 2.45) is 0 Å². The molecule has 1 N–H and O–H groups in total. The van der Waals surface area contributed by atoms with Crippen molar-refractivity contribution in [3.63, 3.8) is 0 Å². The summed E-state index contributed by atoms with van der Waals surface area (Å²) < 4.78 is 26.1. The Balaban J connectivity index is 0.000000739. The Morgan fingerprint density at radius 1 is 1.12 bits per heavy atom. The summed E-state index contributed by atoms with van der Waals surface area (Å²) in [5.74, 6) is 1.41. The standard InChI is InChI=1S/C22H25ClFN3O2.C4H8O/c1-4-7-14(8-5-2)29-20-12-18-15(11-19(20)28-3)22(26-13-25-18)27-17-10-6-9-16(23)21(17)24;1-3-4(2)5/h6,9-14H,4-5,7-8H2,1-3H3,(H,25,26,27);3H2,1-2H3. The number of methoxy groups -OCH3 is 1. The Kier molecular flexibility index (Phi) is 11.0. The first-order chi connectivity index (χ1) is 16.3. The Hall–Kier alpha value is -2.93. The summed E-state index contributed by atoms with van der Waals surface area (Å²) in [4.78, 5) is 18.4. The summed E-state index contributed by atoms with van der Waals surface area (Å²) in [6, 6.07) is 8.42. The highest BCUT2D eigenvalue weighted by atomic mass is 35.5. The molecule has 8 heteroatoms. The fourth-order valence-electron chi connectivity index (χ4n) is 3.23. The molecule has 0 radical (unpaired) electrons. The van der Waals surface area contributed by atoms with E-state index in [9.17, 15) is 9.18 Å². The van der Waals surface area contributed by atoms with Gasteiger partial charge in [-0.2, -0.15) is 0 Å². The summed E-state index contributed by atoms with van der Waals surface area (Å²) in [5.41, 5.74) is 0.912. The van der Waals surface area contributed by atoms with Gasteiger partial charge >= 0.3 is 0 Å². The number of nitrogens with one attached hydrogen (secondary N) is 1. The molecule has 0 aliphatic carbocycles. The molecule has 1 heterocycles. The van der Waals surface area contributed by atoms with Crippen molar-refractivity contribution in [2.45, 2.75) is 65.9 Å². The first kappa shape index (κ1) is 27.3. The van der Waals surface area contributed by atoms with Crippen molar-refractivity contribution < 1.29 is 18.7 Å². The maximum absolute atomic E-state index is 14.3. The average molecular weight is 490 g/mol. The van der Waals surface area contributed by atoms with Gasteiger partial charge in [-0.25, -0.2) is 14.4 Å². The number of nitrogens with zero attached hydrogens (tertiary/aromatic N) is 2. The van der Waals surface area contributed by atoms with E-state index in [1.807, 2.05) is 19.1 Å². The van der Waals surface area contributed by atoms with Crippen LogP contribution < -0.4 is 14.8 Å². The maximum atomic E-state index is 14.3. The van der Waals surface area contributed by atoms with Gasteiger partial charge in [-0.05, 0) is 38.0 Å². The number of ketones is 1. The molecule has 1 aromatic heterocycles. The van der Waals surface area contributed by atoms with E-state index in [0.29, 0.717) is 34.6 Å². The molecule has 0 aliphatic rings. The van der Waals surface area contributed by atoms with E-state index in [4.69, 9.17) is 21.1 Å². The topological polar surface area (TPSA) is 73.3 Å². The number of benzene rings is 2. The molecule has 0 aliphatic heterocycles. The minimum Gasteiger partial charge on any atom is -0.493 e. The molecule has 0 bridgehead atoms. The molecule has 3 aromatic rings. The smallest absolute Gasteiger partial charge is 0.165 e. The summed E-state index contributed by atoms with van der Waals surface area (Å²) in [7, 11) is 1.59. The molecule has 0 fully saturated rings. The second kappa shape index (κ2) is 13.7. The predicted molar refractivity (Wildman–Crippen MR) is 136 cm³/mol. The van der Waals surface area contributed by atoms with Crippen LogP contribution in [0.25, 0.3) is 10.9 Å². The zero-order chi connectivity index (χ0) is 25.1. The minimum atomic E-state index is -0.533. The van der Waals surface area contributed by atoms with Gasteiger partial charge < -0.3 is 19.6 Å². The highest BCUT2D eigenvalue weighted by molar-refractivity contribution is 6.31. The Morgan fingerprint density at radius 2 is 1.79 bits per heavy atom. The monoisotopic (exact) mass is 489 g/mol. The van der Waals surface area contributed by atoms with Gasteiger partial charge in [0.05, 0.1) is 29.4 Å². The van der Waals surface area contributed by atoms with Crippen molar-refractivity contribution in [2.75, 3.05) is 12.4 Å². The Bertz CT molecular complexity index is 1090. The summed E-state index contributed by atoms with van der Waals surface area (Å²) >= 11 is 5.88. The molecule has 3 rings (SSSR count).